The van der Waals surface area contributed by atoms with Crippen LogP contribution in [0.2, 0.25) is 0 Å². The predicted molar refractivity (Wildman–Crippen MR) is 67.4 cm³/mol. The van der Waals surface area contributed by atoms with E-state index < -0.39 is 6.09 Å². The maximum Gasteiger partial charge on any atom is 0.414 e. The van der Waals surface area contributed by atoms with Crippen LogP contribution in [0.5, 0.6) is 5.75 Å². The van der Waals surface area contributed by atoms with Gasteiger partial charge in [0.15, 0.2) is 0 Å². The molecule has 1 unspecified atom stereocenters. The van der Waals surface area contributed by atoms with Gasteiger partial charge >= 0.3 is 6.09 Å². The van der Waals surface area contributed by atoms with Crippen LogP contribution in [0.15, 0.2) is 22.7 Å². The van der Waals surface area contributed by atoms with Crippen molar-refractivity contribution in [1.82, 2.24) is 0 Å². The zero-order chi connectivity index (χ0) is 12.4. The van der Waals surface area contributed by atoms with Gasteiger partial charge < -0.3 is 15.2 Å². The Morgan fingerprint density at radius 2 is 2.41 bits per heavy atom. The molecule has 0 aromatic heterocycles. The van der Waals surface area contributed by atoms with Crippen molar-refractivity contribution in [3.63, 3.8) is 0 Å². The number of methoxy groups -OCH3 is 1. The molecule has 6 heteroatoms. The van der Waals surface area contributed by atoms with Gasteiger partial charge in [-0.3, -0.25) is 4.90 Å². The van der Waals surface area contributed by atoms with Crippen LogP contribution in [-0.2, 0) is 4.74 Å². The van der Waals surface area contributed by atoms with Gasteiger partial charge in [-0.05, 0) is 18.2 Å². The molecule has 92 valence electrons. The van der Waals surface area contributed by atoms with Crippen molar-refractivity contribution < 1.29 is 14.3 Å². The third kappa shape index (κ3) is 2.37. The summed E-state index contributed by atoms with van der Waals surface area (Å²) in [5.41, 5.74) is 6.18. The van der Waals surface area contributed by atoms with Crippen LogP contribution in [0.25, 0.3) is 0 Å². The first kappa shape index (κ1) is 12.2. The average molecular weight is 301 g/mol. The molecule has 17 heavy (non-hydrogen) atoms. The molecule has 1 amide bonds. The van der Waals surface area contributed by atoms with E-state index in [1.54, 1.807) is 13.2 Å². The van der Waals surface area contributed by atoms with Gasteiger partial charge in [0, 0.05) is 11.0 Å². The van der Waals surface area contributed by atoms with Crippen LogP contribution >= 0.6 is 15.9 Å². The summed E-state index contributed by atoms with van der Waals surface area (Å²) in [5.74, 6) is 0.628. The molecule has 1 aromatic carbocycles. The number of hydrogen-bond acceptors (Lipinski definition) is 4. The molecule has 1 aliphatic heterocycles. The third-order valence-corrected chi connectivity index (χ3v) is 3.06. The standard InChI is InChI=1S/C11H13BrN2O3/c1-16-10-3-2-7(12)4-9(10)14-6-8(5-13)17-11(14)15/h2-4,8H,5-6,13H2,1H3. The second-order valence-corrected chi connectivity index (χ2v) is 4.58. The highest BCUT2D eigenvalue weighted by Gasteiger charge is 2.33. The Balaban J connectivity index is 2.33. The summed E-state index contributed by atoms with van der Waals surface area (Å²) in [7, 11) is 1.56. The Hall–Kier alpha value is -1.27. The van der Waals surface area contributed by atoms with Crippen LogP contribution < -0.4 is 15.4 Å². The zero-order valence-electron chi connectivity index (χ0n) is 9.35. The van der Waals surface area contributed by atoms with Crippen LogP contribution in [-0.4, -0.2) is 32.4 Å². The number of halogens is 1. The summed E-state index contributed by atoms with van der Waals surface area (Å²) in [5, 5.41) is 0. The van der Waals surface area contributed by atoms with Crippen LogP contribution in [0.4, 0.5) is 10.5 Å². The number of ether oxygens (including phenoxy) is 2. The zero-order valence-corrected chi connectivity index (χ0v) is 10.9. The fraction of sp³-hybridized carbons (Fsp3) is 0.364. The smallest absolute Gasteiger partial charge is 0.414 e. The molecule has 5 nitrogen and oxygen atoms in total. The van der Waals surface area contributed by atoms with Crippen molar-refractivity contribution in [3.8, 4) is 5.75 Å². The van der Waals surface area contributed by atoms with Crippen molar-refractivity contribution in [2.24, 2.45) is 5.73 Å². The van der Waals surface area contributed by atoms with E-state index in [0.29, 0.717) is 24.5 Å². The lowest BCUT2D eigenvalue weighted by atomic mass is 10.2. The van der Waals surface area contributed by atoms with Crippen molar-refractivity contribution in [1.29, 1.82) is 0 Å². The Kier molecular flexibility index (Phi) is 3.54. The number of nitrogens with zero attached hydrogens (tertiary/aromatic N) is 1. The highest BCUT2D eigenvalue weighted by Crippen LogP contribution is 2.33. The molecule has 1 atom stereocenters. The lowest BCUT2D eigenvalue weighted by Crippen LogP contribution is -2.27. The van der Waals surface area contributed by atoms with E-state index in [2.05, 4.69) is 15.9 Å². The molecular weight excluding hydrogens is 288 g/mol. The quantitative estimate of drug-likeness (QED) is 0.923. The summed E-state index contributed by atoms with van der Waals surface area (Å²) in [6, 6.07) is 5.46. The van der Waals surface area contributed by atoms with E-state index in [9.17, 15) is 4.79 Å². The Labute approximate surface area is 108 Å². The van der Waals surface area contributed by atoms with E-state index in [1.165, 1.54) is 4.90 Å². The molecule has 0 radical (unpaired) electrons. The number of benzene rings is 1. The van der Waals surface area contributed by atoms with Gasteiger partial charge in [-0.1, -0.05) is 15.9 Å². The molecule has 2 N–H and O–H groups in total. The van der Waals surface area contributed by atoms with Crippen molar-refractivity contribution in [2.45, 2.75) is 6.10 Å². The normalized spacial score (nSPS) is 19.4. The van der Waals surface area contributed by atoms with E-state index in [0.717, 1.165) is 4.47 Å². The molecule has 2 rings (SSSR count). The first-order chi connectivity index (χ1) is 8.15. The maximum absolute atomic E-state index is 11.7. The number of cyclic esters (lactones) is 1. The Morgan fingerprint density at radius 3 is 3.00 bits per heavy atom. The van der Waals surface area contributed by atoms with Crippen LogP contribution in [0.1, 0.15) is 0 Å². The van der Waals surface area contributed by atoms with Crippen LogP contribution in [0.3, 0.4) is 0 Å². The highest BCUT2D eigenvalue weighted by atomic mass is 79.9. The minimum atomic E-state index is -0.392. The van der Waals surface area contributed by atoms with Gasteiger partial charge in [-0.25, -0.2) is 4.79 Å². The molecule has 0 spiro atoms. The van der Waals surface area contributed by atoms with E-state index in [4.69, 9.17) is 15.2 Å². The molecule has 0 saturated carbocycles. The van der Waals surface area contributed by atoms with E-state index in [-0.39, 0.29) is 6.10 Å². The number of carbonyl (C=O) groups excluding carboxylic acids is 1. The van der Waals surface area contributed by atoms with Crippen LogP contribution in [0, 0.1) is 0 Å². The number of rotatable bonds is 3. The van der Waals surface area contributed by atoms with Crippen molar-refractivity contribution in [2.75, 3.05) is 25.1 Å². The monoisotopic (exact) mass is 300 g/mol. The molecule has 1 fully saturated rings. The first-order valence-electron chi connectivity index (χ1n) is 5.17. The maximum atomic E-state index is 11.7. The minimum absolute atomic E-state index is 0.258. The van der Waals surface area contributed by atoms with E-state index >= 15 is 0 Å². The highest BCUT2D eigenvalue weighted by molar-refractivity contribution is 9.10. The lowest BCUT2D eigenvalue weighted by molar-refractivity contribution is 0.145. The van der Waals surface area contributed by atoms with Gasteiger partial charge in [0.25, 0.3) is 0 Å². The largest absolute Gasteiger partial charge is 0.495 e. The Bertz CT molecular complexity index is 439. The number of amides is 1. The minimum Gasteiger partial charge on any atom is -0.495 e. The first-order valence-corrected chi connectivity index (χ1v) is 5.96. The van der Waals surface area contributed by atoms with Crippen molar-refractivity contribution >= 4 is 27.7 Å². The summed E-state index contributed by atoms with van der Waals surface area (Å²) in [6.07, 6.45) is -0.650. The predicted octanol–water partition coefficient (Wildman–Crippen LogP) is 1.74. The summed E-state index contributed by atoms with van der Waals surface area (Å²) in [6.45, 7) is 0.765. The fourth-order valence-electron chi connectivity index (χ4n) is 1.72. The molecule has 1 heterocycles. The van der Waals surface area contributed by atoms with Gasteiger partial charge in [0.1, 0.15) is 11.9 Å². The summed E-state index contributed by atoms with van der Waals surface area (Å²) in [4.78, 5) is 13.2. The number of hydrogen-bond donors (Lipinski definition) is 1. The van der Waals surface area contributed by atoms with Gasteiger partial charge in [-0.2, -0.15) is 0 Å². The Morgan fingerprint density at radius 1 is 1.65 bits per heavy atom. The summed E-state index contributed by atoms with van der Waals surface area (Å²) >= 11 is 3.37. The second-order valence-electron chi connectivity index (χ2n) is 3.67. The van der Waals surface area contributed by atoms with Crippen molar-refractivity contribution in [3.05, 3.63) is 22.7 Å². The molecule has 1 aliphatic rings. The lowest BCUT2D eigenvalue weighted by Gasteiger charge is -2.16. The molecule has 1 aromatic rings. The van der Waals surface area contributed by atoms with E-state index in [1.807, 2.05) is 12.1 Å². The fourth-order valence-corrected chi connectivity index (χ4v) is 2.06. The number of anilines is 1. The number of nitrogens with two attached hydrogens (primary N) is 1. The summed E-state index contributed by atoms with van der Waals surface area (Å²) < 4.78 is 11.2. The van der Waals surface area contributed by atoms with Gasteiger partial charge in [-0.15, -0.1) is 0 Å². The molecule has 1 saturated heterocycles. The molecule has 0 aliphatic carbocycles. The molecular formula is C11H13BrN2O3. The SMILES string of the molecule is COc1ccc(Br)cc1N1CC(CN)OC1=O. The average Bonchev–Trinajstić information content (AvgIpc) is 2.70. The second kappa shape index (κ2) is 4.93. The molecule has 0 bridgehead atoms. The third-order valence-electron chi connectivity index (χ3n) is 2.57. The van der Waals surface area contributed by atoms with Gasteiger partial charge in [0.05, 0.1) is 19.3 Å². The number of carbonyl (C=O) groups is 1. The topological polar surface area (TPSA) is 64.8 Å². The van der Waals surface area contributed by atoms with Gasteiger partial charge in [0.2, 0.25) is 0 Å².